The molecule has 0 spiro atoms. The van der Waals surface area contributed by atoms with Crippen LogP contribution in [0.5, 0.6) is 0 Å². The molecule has 1 aliphatic carbocycles. The van der Waals surface area contributed by atoms with Crippen molar-refractivity contribution in [2.45, 2.75) is 39.7 Å². The smallest absolute Gasteiger partial charge is 0.328 e. The van der Waals surface area contributed by atoms with Crippen LogP contribution in [-0.4, -0.2) is 25.0 Å². The molecular weight excluding hydrogens is 206 g/mol. The molecule has 1 amide bonds. The molecule has 1 heterocycles. The summed E-state index contributed by atoms with van der Waals surface area (Å²) in [6.45, 7) is 6.16. The van der Waals surface area contributed by atoms with Gasteiger partial charge in [-0.05, 0) is 24.2 Å². The minimum Gasteiger partial charge on any atom is -0.467 e. The van der Waals surface area contributed by atoms with Crippen LogP contribution < -0.4 is 5.32 Å². The highest BCUT2D eigenvalue weighted by molar-refractivity contribution is 5.91. The third-order valence-electron chi connectivity index (χ3n) is 4.95. The fraction of sp³-hybridized carbons (Fsp3) is 0.833. The topological polar surface area (TPSA) is 55.4 Å². The first-order chi connectivity index (χ1) is 7.34. The van der Waals surface area contributed by atoms with Crippen LogP contribution in [0.1, 0.15) is 33.6 Å². The number of carbonyl (C=O) groups is 2. The van der Waals surface area contributed by atoms with Crippen molar-refractivity contribution in [3.8, 4) is 0 Å². The summed E-state index contributed by atoms with van der Waals surface area (Å²) in [5, 5.41) is 2.81. The summed E-state index contributed by atoms with van der Waals surface area (Å²) in [5.74, 6) is -0.153. The van der Waals surface area contributed by atoms with Gasteiger partial charge in [0.15, 0.2) is 0 Å². The standard InChI is InChI=1S/C12H19NO3/c1-11(2)7-5-6-12(11,3)10(15)13-8(7)9(14)16-4/h7-8H,5-6H2,1-4H3,(H,13,15)/t7-,8?,12+/m1/s1. The van der Waals surface area contributed by atoms with Gasteiger partial charge in [-0.3, -0.25) is 4.79 Å². The van der Waals surface area contributed by atoms with E-state index in [1.165, 1.54) is 7.11 Å². The fourth-order valence-electron chi connectivity index (χ4n) is 3.28. The Morgan fingerprint density at radius 3 is 2.62 bits per heavy atom. The Hall–Kier alpha value is -1.06. The van der Waals surface area contributed by atoms with Crippen LogP contribution >= 0.6 is 0 Å². The molecule has 1 N–H and O–H groups in total. The lowest BCUT2D eigenvalue weighted by Crippen LogP contribution is -2.61. The Kier molecular flexibility index (Phi) is 2.30. The number of carbonyl (C=O) groups excluding carboxylic acids is 2. The molecule has 1 unspecified atom stereocenters. The third kappa shape index (κ3) is 1.16. The van der Waals surface area contributed by atoms with E-state index in [2.05, 4.69) is 19.2 Å². The normalized spacial score (nSPS) is 40.4. The summed E-state index contributed by atoms with van der Waals surface area (Å²) >= 11 is 0. The van der Waals surface area contributed by atoms with Gasteiger partial charge in [0.25, 0.3) is 0 Å². The summed E-state index contributed by atoms with van der Waals surface area (Å²) in [6, 6.07) is -0.469. The first kappa shape index (κ1) is 11.4. The summed E-state index contributed by atoms with van der Waals surface area (Å²) in [5.41, 5.74) is -0.490. The number of piperidine rings is 1. The van der Waals surface area contributed by atoms with Crippen molar-refractivity contribution in [1.29, 1.82) is 0 Å². The van der Waals surface area contributed by atoms with Gasteiger partial charge in [0.2, 0.25) is 5.91 Å². The Morgan fingerprint density at radius 2 is 2.06 bits per heavy atom. The van der Waals surface area contributed by atoms with E-state index in [-0.39, 0.29) is 28.6 Å². The summed E-state index contributed by atoms with van der Waals surface area (Å²) in [7, 11) is 1.37. The molecule has 4 nitrogen and oxygen atoms in total. The highest BCUT2D eigenvalue weighted by Gasteiger charge is 2.63. The van der Waals surface area contributed by atoms with Crippen LogP contribution in [0.4, 0.5) is 0 Å². The highest BCUT2D eigenvalue weighted by Crippen LogP contribution is 2.59. The van der Waals surface area contributed by atoms with E-state index in [9.17, 15) is 9.59 Å². The minimum atomic E-state index is -0.469. The SMILES string of the molecule is COC(=O)C1NC(=O)[C@]2(C)CC[C@H]1C2(C)C. The largest absolute Gasteiger partial charge is 0.467 e. The average molecular weight is 225 g/mol. The molecule has 2 bridgehead atoms. The fourth-order valence-corrected chi connectivity index (χ4v) is 3.28. The lowest BCUT2D eigenvalue weighted by molar-refractivity contribution is -0.157. The monoisotopic (exact) mass is 225 g/mol. The third-order valence-corrected chi connectivity index (χ3v) is 4.95. The first-order valence-electron chi connectivity index (χ1n) is 5.73. The van der Waals surface area contributed by atoms with Crippen LogP contribution in [0.25, 0.3) is 0 Å². The lowest BCUT2D eigenvalue weighted by Gasteiger charge is -2.47. The zero-order valence-electron chi connectivity index (χ0n) is 10.3. The second kappa shape index (κ2) is 3.22. The zero-order valence-corrected chi connectivity index (χ0v) is 10.3. The molecule has 0 radical (unpaired) electrons. The van der Waals surface area contributed by atoms with E-state index in [4.69, 9.17) is 4.74 Å². The van der Waals surface area contributed by atoms with Crippen molar-refractivity contribution >= 4 is 11.9 Å². The van der Waals surface area contributed by atoms with Gasteiger partial charge in [-0.2, -0.15) is 0 Å². The van der Waals surface area contributed by atoms with E-state index in [1.807, 2.05) is 6.92 Å². The van der Waals surface area contributed by atoms with Crippen molar-refractivity contribution in [2.24, 2.45) is 16.7 Å². The van der Waals surface area contributed by atoms with Gasteiger partial charge in [-0.25, -0.2) is 4.79 Å². The first-order valence-corrected chi connectivity index (χ1v) is 5.73. The predicted octanol–water partition coefficient (Wildman–Crippen LogP) is 1.10. The summed E-state index contributed by atoms with van der Waals surface area (Å²) in [4.78, 5) is 23.8. The van der Waals surface area contributed by atoms with Crippen LogP contribution in [0.15, 0.2) is 0 Å². The molecule has 1 saturated carbocycles. The maximum Gasteiger partial charge on any atom is 0.328 e. The number of ether oxygens (including phenoxy) is 1. The number of hydrogen-bond donors (Lipinski definition) is 1. The van der Waals surface area contributed by atoms with Gasteiger partial charge < -0.3 is 10.1 Å². The molecule has 2 fully saturated rings. The maximum absolute atomic E-state index is 12.1. The number of nitrogens with one attached hydrogen (secondary N) is 1. The second-order valence-corrected chi connectivity index (χ2v) is 5.67. The van der Waals surface area contributed by atoms with Crippen LogP contribution in [-0.2, 0) is 14.3 Å². The second-order valence-electron chi connectivity index (χ2n) is 5.67. The number of rotatable bonds is 1. The predicted molar refractivity (Wildman–Crippen MR) is 58.6 cm³/mol. The average Bonchev–Trinajstić information content (AvgIpc) is 2.38. The Balaban J connectivity index is 2.38. The van der Waals surface area contributed by atoms with Gasteiger partial charge in [0.1, 0.15) is 6.04 Å². The highest BCUT2D eigenvalue weighted by atomic mass is 16.5. The number of amides is 1. The van der Waals surface area contributed by atoms with E-state index in [0.717, 1.165) is 12.8 Å². The van der Waals surface area contributed by atoms with Crippen LogP contribution in [0.3, 0.4) is 0 Å². The van der Waals surface area contributed by atoms with Gasteiger partial charge in [-0.1, -0.05) is 20.8 Å². The molecule has 2 aliphatic rings. The molecule has 90 valence electrons. The molecular formula is C12H19NO3. The Labute approximate surface area is 95.7 Å². The summed E-state index contributed by atoms with van der Waals surface area (Å²) < 4.78 is 4.76. The van der Waals surface area contributed by atoms with Crippen LogP contribution in [0.2, 0.25) is 0 Å². The molecule has 0 aromatic carbocycles. The molecule has 4 heteroatoms. The van der Waals surface area contributed by atoms with Gasteiger partial charge >= 0.3 is 5.97 Å². The number of fused-ring (bicyclic) bond motifs is 2. The quantitative estimate of drug-likeness (QED) is 0.680. The molecule has 16 heavy (non-hydrogen) atoms. The molecule has 2 rings (SSSR count). The van der Waals surface area contributed by atoms with Crippen molar-refractivity contribution in [3.63, 3.8) is 0 Å². The van der Waals surface area contributed by atoms with Gasteiger partial charge in [-0.15, -0.1) is 0 Å². The zero-order chi connectivity index (χ0) is 12.1. The number of methoxy groups -OCH3 is 1. The summed E-state index contributed by atoms with van der Waals surface area (Å²) in [6.07, 6.45) is 1.76. The van der Waals surface area contributed by atoms with E-state index in [0.29, 0.717) is 0 Å². The number of esters is 1. The van der Waals surface area contributed by atoms with Gasteiger partial charge in [0.05, 0.1) is 12.5 Å². The lowest BCUT2D eigenvalue weighted by atomic mass is 9.61. The maximum atomic E-state index is 12.1. The van der Waals surface area contributed by atoms with E-state index < -0.39 is 6.04 Å². The molecule has 0 aromatic rings. The van der Waals surface area contributed by atoms with Crippen molar-refractivity contribution in [2.75, 3.05) is 7.11 Å². The van der Waals surface area contributed by atoms with Crippen molar-refractivity contribution < 1.29 is 14.3 Å². The minimum absolute atomic E-state index is 0.0124. The molecule has 0 aromatic heterocycles. The van der Waals surface area contributed by atoms with E-state index in [1.54, 1.807) is 0 Å². The van der Waals surface area contributed by atoms with Crippen molar-refractivity contribution in [1.82, 2.24) is 5.32 Å². The number of hydrogen-bond acceptors (Lipinski definition) is 3. The molecule has 3 atom stereocenters. The molecule has 1 aliphatic heterocycles. The van der Waals surface area contributed by atoms with Crippen molar-refractivity contribution in [3.05, 3.63) is 0 Å². The van der Waals surface area contributed by atoms with Crippen LogP contribution in [0, 0.1) is 16.7 Å². The Bertz CT molecular complexity index is 350. The Morgan fingerprint density at radius 1 is 1.44 bits per heavy atom. The molecule has 1 saturated heterocycles. The van der Waals surface area contributed by atoms with E-state index >= 15 is 0 Å². The van der Waals surface area contributed by atoms with Gasteiger partial charge in [0, 0.05) is 0 Å².